The van der Waals surface area contributed by atoms with Gasteiger partial charge in [-0.15, -0.1) is 0 Å². The predicted octanol–water partition coefficient (Wildman–Crippen LogP) is 3.85. The summed E-state index contributed by atoms with van der Waals surface area (Å²) in [5.74, 6) is -1.04. The van der Waals surface area contributed by atoms with E-state index in [9.17, 15) is 14.0 Å². The Bertz CT molecular complexity index is 647. The molecule has 0 atom stereocenters. The molecule has 0 saturated heterocycles. The summed E-state index contributed by atoms with van der Waals surface area (Å²) in [4.78, 5) is 23.1. The second-order valence-corrected chi connectivity index (χ2v) is 5.49. The van der Waals surface area contributed by atoms with E-state index in [4.69, 9.17) is 21.1 Å². The minimum Gasteiger partial charge on any atom is -0.489 e. The number of carbonyl (C=O) groups excluding carboxylic acids is 2. The normalized spacial score (nSPS) is 11.2. The zero-order valence-corrected chi connectivity index (χ0v) is 14.7. The van der Waals surface area contributed by atoms with E-state index in [1.807, 2.05) is 0 Å². The second-order valence-electron chi connectivity index (χ2n) is 5.09. The van der Waals surface area contributed by atoms with Crippen molar-refractivity contribution in [3.05, 3.63) is 34.7 Å². The molecule has 1 aromatic carbocycles. The summed E-state index contributed by atoms with van der Waals surface area (Å²) in [5.41, 5.74) is 0.149. The van der Waals surface area contributed by atoms with Crippen LogP contribution in [-0.4, -0.2) is 24.7 Å². The maximum atomic E-state index is 13.9. The van der Waals surface area contributed by atoms with Crippen LogP contribution < -0.4 is 15.4 Å². The van der Waals surface area contributed by atoms with Crippen LogP contribution >= 0.6 is 11.6 Å². The average Bonchev–Trinajstić information content (AvgIpc) is 2.43. The molecule has 6 nitrogen and oxygen atoms in total. The third-order valence-electron chi connectivity index (χ3n) is 2.56. The van der Waals surface area contributed by atoms with E-state index < -0.39 is 17.8 Å². The van der Waals surface area contributed by atoms with Crippen LogP contribution in [0.3, 0.4) is 0 Å². The van der Waals surface area contributed by atoms with Gasteiger partial charge >= 0.3 is 12.0 Å². The van der Waals surface area contributed by atoms with Crippen LogP contribution in [0.15, 0.2) is 23.9 Å². The Balaban J connectivity index is 2.81. The van der Waals surface area contributed by atoms with E-state index in [0.29, 0.717) is 0 Å². The highest BCUT2D eigenvalue weighted by atomic mass is 35.5. The summed E-state index contributed by atoms with van der Waals surface area (Å²) in [6, 6.07) is 1.63. The zero-order chi connectivity index (χ0) is 18.3. The molecule has 0 spiro atoms. The monoisotopic (exact) mass is 358 g/mol. The van der Waals surface area contributed by atoms with Crippen molar-refractivity contribution in [1.29, 1.82) is 0 Å². The zero-order valence-electron chi connectivity index (χ0n) is 13.9. The van der Waals surface area contributed by atoms with Gasteiger partial charge in [0.15, 0.2) is 0 Å². The fourth-order valence-corrected chi connectivity index (χ4v) is 1.89. The first-order chi connectivity index (χ1) is 11.2. The SMILES string of the molecule is CCOC(=O)C=C(C)NC(=O)Nc1cc(OC(C)C)c(Cl)cc1F. The van der Waals surface area contributed by atoms with Crippen molar-refractivity contribution in [3.8, 4) is 5.75 Å². The first-order valence-electron chi connectivity index (χ1n) is 7.31. The standard InChI is InChI=1S/C16H20ClFN2O4/c1-5-23-15(21)6-10(4)19-16(22)20-13-8-14(24-9(2)3)11(17)7-12(13)18/h6-9H,5H2,1-4H3,(H2,19,20,22). The summed E-state index contributed by atoms with van der Waals surface area (Å²) >= 11 is 5.90. The Kier molecular flexibility index (Phi) is 7.51. The lowest BCUT2D eigenvalue weighted by Crippen LogP contribution is -2.28. The number of carbonyl (C=O) groups is 2. The van der Waals surface area contributed by atoms with Crippen molar-refractivity contribution in [2.24, 2.45) is 0 Å². The molecule has 0 radical (unpaired) electrons. The molecular weight excluding hydrogens is 339 g/mol. The van der Waals surface area contributed by atoms with Gasteiger partial charge in [0.05, 0.1) is 23.4 Å². The first-order valence-corrected chi connectivity index (χ1v) is 7.69. The van der Waals surface area contributed by atoms with Crippen LogP contribution in [0, 0.1) is 5.82 Å². The summed E-state index contributed by atoms with van der Waals surface area (Å²) in [6.45, 7) is 6.98. The second kappa shape index (κ2) is 9.12. The minimum atomic E-state index is -0.718. The fraction of sp³-hybridized carbons (Fsp3) is 0.375. The summed E-state index contributed by atoms with van der Waals surface area (Å²) < 4.78 is 24.1. The molecule has 0 fully saturated rings. The lowest BCUT2D eigenvalue weighted by Gasteiger charge is -2.14. The van der Waals surface area contributed by atoms with Crippen molar-refractivity contribution in [1.82, 2.24) is 5.32 Å². The van der Waals surface area contributed by atoms with Crippen LogP contribution in [0.5, 0.6) is 5.75 Å². The van der Waals surface area contributed by atoms with E-state index in [-0.39, 0.29) is 34.9 Å². The quantitative estimate of drug-likeness (QED) is 0.598. The highest BCUT2D eigenvalue weighted by molar-refractivity contribution is 6.32. The van der Waals surface area contributed by atoms with Gasteiger partial charge in [0.1, 0.15) is 11.6 Å². The van der Waals surface area contributed by atoms with E-state index in [2.05, 4.69) is 10.6 Å². The number of rotatable bonds is 6. The van der Waals surface area contributed by atoms with Gasteiger partial charge in [0.2, 0.25) is 0 Å². The third kappa shape index (κ3) is 6.45. The van der Waals surface area contributed by atoms with Crippen molar-refractivity contribution in [2.75, 3.05) is 11.9 Å². The number of hydrogen-bond acceptors (Lipinski definition) is 4. The molecule has 0 unspecified atom stereocenters. The van der Waals surface area contributed by atoms with Gasteiger partial charge in [-0.25, -0.2) is 14.0 Å². The van der Waals surface area contributed by atoms with Gasteiger partial charge in [-0.1, -0.05) is 11.6 Å². The van der Waals surface area contributed by atoms with Gasteiger partial charge in [0.25, 0.3) is 0 Å². The summed E-state index contributed by atoms with van der Waals surface area (Å²) in [7, 11) is 0. The Morgan fingerprint density at radius 3 is 2.62 bits per heavy atom. The van der Waals surface area contributed by atoms with Crippen LogP contribution in [0.25, 0.3) is 0 Å². The van der Waals surface area contributed by atoms with Crippen LogP contribution in [0.1, 0.15) is 27.7 Å². The average molecular weight is 359 g/mol. The van der Waals surface area contributed by atoms with Crippen molar-refractivity contribution >= 4 is 29.3 Å². The van der Waals surface area contributed by atoms with Crippen molar-refractivity contribution in [2.45, 2.75) is 33.8 Å². The molecule has 0 bridgehead atoms. The van der Waals surface area contributed by atoms with E-state index in [1.165, 1.54) is 13.0 Å². The van der Waals surface area contributed by atoms with Gasteiger partial charge < -0.3 is 20.1 Å². The number of amides is 2. The Hall–Kier alpha value is -2.28. The molecule has 132 valence electrons. The first kappa shape index (κ1) is 19.8. The fourth-order valence-electron chi connectivity index (χ4n) is 1.70. The number of allylic oxidation sites excluding steroid dienone is 1. The Morgan fingerprint density at radius 1 is 1.38 bits per heavy atom. The summed E-state index contributed by atoms with van der Waals surface area (Å²) in [6.07, 6.45) is 0.957. The molecule has 8 heteroatoms. The molecule has 0 aromatic heterocycles. The van der Waals surface area contributed by atoms with Crippen molar-refractivity contribution < 1.29 is 23.5 Å². The number of halogens is 2. The van der Waals surface area contributed by atoms with Gasteiger partial charge in [-0.3, -0.25) is 0 Å². The molecule has 0 heterocycles. The molecule has 0 aliphatic heterocycles. The minimum absolute atomic E-state index is 0.100. The number of benzene rings is 1. The van der Waals surface area contributed by atoms with E-state index in [1.54, 1.807) is 20.8 Å². The molecule has 2 amide bonds. The third-order valence-corrected chi connectivity index (χ3v) is 2.86. The number of hydrogen-bond donors (Lipinski definition) is 2. The number of nitrogens with one attached hydrogen (secondary N) is 2. The van der Waals surface area contributed by atoms with Gasteiger partial charge in [-0.05, 0) is 33.8 Å². The number of urea groups is 1. The maximum absolute atomic E-state index is 13.9. The molecule has 0 saturated carbocycles. The smallest absolute Gasteiger partial charge is 0.332 e. The molecular formula is C16H20ClFN2O4. The van der Waals surface area contributed by atoms with Gasteiger partial charge in [-0.2, -0.15) is 0 Å². The molecule has 24 heavy (non-hydrogen) atoms. The van der Waals surface area contributed by atoms with E-state index >= 15 is 0 Å². The van der Waals surface area contributed by atoms with Gasteiger partial charge in [0, 0.05) is 17.8 Å². The summed E-state index contributed by atoms with van der Waals surface area (Å²) in [5, 5.41) is 4.82. The Morgan fingerprint density at radius 2 is 2.04 bits per heavy atom. The van der Waals surface area contributed by atoms with Crippen LogP contribution in [0.4, 0.5) is 14.9 Å². The topological polar surface area (TPSA) is 76.7 Å². The maximum Gasteiger partial charge on any atom is 0.332 e. The largest absolute Gasteiger partial charge is 0.489 e. The molecule has 1 rings (SSSR count). The molecule has 1 aromatic rings. The number of esters is 1. The molecule has 2 N–H and O–H groups in total. The van der Waals surface area contributed by atoms with E-state index in [0.717, 1.165) is 12.1 Å². The molecule has 0 aliphatic rings. The highest BCUT2D eigenvalue weighted by Crippen LogP contribution is 2.31. The molecule has 0 aliphatic carbocycles. The Labute approximate surface area is 145 Å². The van der Waals surface area contributed by atoms with Crippen LogP contribution in [-0.2, 0) is 9.53 Å². The lowest BCUT2D eigenvalue weighted by molar-refractivity contribution is -0.137. The van der Waals surface area contributed by atoms with Crippen LogP contribution in [0.2, 0.25) is 5.02 Å². The lowest BCUT2D eigenvalue weighted by atomic mass is 10.2. The number of ether oxygens (including phenoxy) is 2. The number of anilines is 1. The van der Waals surface area contributed by atoms with Crippen molar-refractivity contribution in [3.63, 3.8) is 0 Å². The predicted molar refractivity (Wildman–Crippen MR) is 89.7 cm³/mol. The highest BCUT2D eigenvalue weighted by Gasteiger charge is 2.13.